The van der Waals surface area contributed by atoms with Crippen molar-refractivity contribution in [3.8, 4) is 0 Å². The highest BCUT2D eigenvalue weighted by atomic mass is 35.5. The molecule has 0 bridgehead atoms. The summed E-state index contributed by atoms with van der Waals surface area (Å²) in [4.78, 5) is 26.7. The number of benzene rings is 2. The Bertz CT molecular complexity index is 1250. The lowest BCUT2D eigenvalue weighted by molar-refractivity contribution is -0.0956. The zero-order chi connectivity index (χ0) is 25.1. The molecule has 1 N–H and O–H groups in total. The average Bonchev–Trinajstić information content (AvgIpc) is 3.30. The summed E-state index contributed by atoms with van der Waals surface area (Å²) in [5.41, 5.74) is 0.360. The molecule has 1 aliphatic rings. The highest BCUT2D eigenvalue weighted by Crippen LogP contribution is 2.37. The number of hydrogen-bond donors (Lipinski definition) is 1. The van der Waals surface area contributed by atoms with E-state index in [1.165, 1.54) is 22.4 Å². The number of H-pyrrole nitrogens is 1. The van der Waals surface area contributed by atoms with Crippen LogP contribution < -0.4 is 21.6 Å². The fourth-order valence-corrected chi connectivity index (χ4v) is 9.21. The van der Waals surface area contributed by atoms with Crippen molar-refractivity contribution in [1.82, 2.24) is 9.55 Å². The maximum absolute atomic E-state index is 12.4. The summed E-state index contributed by atoms with van der Waals surface area (Å²) in [5.74, 6) is 0. The number of aromatic nitrogens is 2. The molecule has 9 heteroatoms. The first kappa shape index (κ1) is 25.3. The van der Waals surface area contributed by atoms with Crippen molar-refractivity contribution in [2.24, 2.45) is 0 Å². The van der Waals surface area contributed by atoms with Crippen LogP contribution in [0.4, 0.5) is 0 Å². The van der Waals surface area contributed by atoms with Crippen LogP contribution in [0.3, 0.4) is 0 Å². The third-order valence-corrected chi connectivity index (χ3v) is 11.3. The molecule has 1 aromatic heterocycles. The molecule has 35 heavy (non-hydrogen) atoms. The van der Waals surface area contributed by atoms with Crippen molar-refractivity contribution < 1.29 is 13.9 Å². The lowest BCUT2D eigenvalue weighted by Gasteiger charge is -2.43. The molecule has 1 aliphatic heterocycles. The maximum atomic E-state index is 12.4. The number of rotatable bonds is 7. The van der Waals surface area contributed by atoms with Gasteiger partial charge in [-0.3, -0.25) is 14.3 Å². The fourth-order valence-electron chi connectivity index (χ4n) is 4.53. The molecule has 4 rings (SSSR count). The van der Waals surface area contributed by atoms with Gasteiger partial charge < -0.3 is 13.9 Å². The molecular weight excluding hydrogens is 484 g/mol. The molecule has 0 spiro atoms. The predicted molar refractivity (Wildman–Crippen MR) is 140 cm³/mol. The molecule has 0 amide bonds. The summed E-state index contributed by atoms with van der Waals surface area (Å²) >= 11 is 5.62. The van der Waals surface area contributed by atoms with E-state index < -0.39 is 32.1 Å². The lowest BCUT2D eigenvalue weighted by Crippen LogP contribution is -2.67. The van der Waals surface area contributed by atoms with Crippen molar-refractivity contribution in [3.05, 3.63) is 98.8 Å². The molecule has 2 heterocycles. The van der Waals surface area contributed by atoms with Crippen LogP contribution in [-0.2, 0) is 13.9 Å². The van der Waals surface area contributed by atoms with Crippen LogP contribution in [0.15, 0.2) is 82.0 Å². The van der Waals surface area contributed by atoms with Gasteiger partial charge in [0.1, 0.15) is 0 Å². The van der Waals surface area contributed by atoms with Gasteiger partial charge in [0.2, 0.25) is 0 Å². The van der Waals surface area contributed by atoms with Gasteiger partial charge in [-0.15, -0.1) is 0 Å². The van der Waals surface area contributed by atoms with Gasteiger partial charge >= 0.3 is 5.69 Å². The first-order valence-corrected chi connectivity index (χ1v) is 13.7. The molecule has 1 fully saturated rings. The fraction of sp³-hybridized carbons (Fsp3) is 0.308. The zero-order valence-corrected chi connectivity index (χ0v) is 21.7. The van der Waals surface area contributed by atoms with Gasteiger partial charge in [-0.1, -0.05) is 93.0 Å². The van der Waals surface area contributed by atoms with Crippen molar-refractivity contribution in [3.63, 3.8) is 0 Å². The predicted octanol–water partition coefficient (Wildman–Crippen LogP) is 3.19. The van der Waals surface area contributed by atoms with Crippen molar-refractivity contribution in [2.75, 3.05) is 13.2 Å². The second kappa shape index (κ2) is 10.5. The molecule has 184 valence electrons. The van der Waals surface area contributed by atoms with Gasteiger partial charge in [-0.2, -0.15) is 0 Å². The molecular formula is C26H29ClN2O5Si. The SMILES string of the molecule is CC(C)(C)[Si](OC[C@H]1OC[C@@H](n2cc(C=CCl)c(=O)[nH]c2=O)O1)(c1ccccc1)c1ccccc1. The van der Waals surface area contributed by atoms with Gasteiger partial charge in [0.05, 0.1) is 18.8 Å². The van der Waals surface area contributed by atoms with E-state index in [4.69, 9.17) is 25.5 Å². The number of nitrogens with one attached hydrogen (secondary N) is 1. The van der Waals surface area contributed by atoms with Gasteiger partial charge in [-0.05, 0) is 21.5 Å². The average molecular weight is 513 g/mol. The smallest absolute Gasteiger partial charge is 0.330 e. The summed E-state index contributed by atoms with van der Waals surface area (Å²) in [5, 5.41) is 2.12. The van der Waals surface area contributed by atoms with Crippen molar-refractivity contribution in [2.45, 2.75) is 38.3 Å². The third kappa shape index (κ3) is 5.12. The zero-order valence-electron chi connectivity index (χ0n) is 19.9. The Kier molecular flexibility index (Phi) is 7.58. The monoisotopic (exact) mass is 512 g/mol. The minimum atomic E-state index is -2.76. The highest BCUT2D eigenvalue weighted by molar-refractivity contribution is 6.99. The maximum Gasteiger partial charge on any atom is 0.330 e. The first-order valence-electron chi connectivity index (χ1n) is 11.4. The van der Waals surface area contributed by atoms with Crippen LogP contribution in [0.5, 0.6) is 0 Å². The minimum Gasteiger partial charge on any atom is -0.402 e. The normalized spacial score (nSPS) is 18.9. The summed E-state index contributed by atoms with van der Waals surface area (Å²) in [7, 11) is -2.76. The Morgan fingerprint density at radius 1 is 1.09 bits per heavy atom. The van der Waals surface area contributed by atoms with Gasteiger partial charge in [0.15, 0.2) is 12.5 Å². The lowest BCUT2D eigenvalue weighted by atomic mass is 10.2. The third-order valence-electron chi connectivity index (χ3n) is 6.13. The van der Waals surface area contributed by atoms with Crippen molar-refractivity contribution >= 4 is 36.4 Å². The molecule has 3 aromatic rings. The first-order chi connectivity index (χ1) is 16.8. The Labute approximate surface area is 210 Å². The van der Waals surface area contributed by atoms with Crippen LogP contribution in [0, 0.1) is 0 Å². The van der Waals surface area contributed by atoms with Gasteiger partial charge in [0.25, 0.3) is 13.9 Å². The largest absolute Gasteiger partial charge is 0.402 e. The minimum absolute atomic E-state index is 0.144. The van der Waals surface area contributed by atoms with E-state index in [0.29, 0.717) is 0 Å². The summed E-state index contributed by atoms with van der Waals surface area (Å²) in [6.45, 7) is 6.93. The molecule has 0 saturated carbocycles. The molecule has 2 aromatic carbocycles. The summed E-state index contributed by atoms with van der Waals surface area (Å²) in [6, 6.07) is 20.6. The number of hydrogen-bond acceptors (Lipinski definition) is 5. The number of ether oxygens (including phenoxy) is 2. The summed E-state index contributed by atoms with van der Waals surface area (Å²) < 4.78 is 20.1. The Morgan fingerprint density at radius 3 is 2.23 bits per heavy atom. The molecule has 2 atom stereocenters. The quantitative estimate of drug-likeness (QED) is 0.492. The summed E-state index contributed by atoms with van der Waals surface area (Å²) in [6.07, 6.45) is 1.46. The Hall–Kier alpha value is -2.75. The molecule has 0 aliphatic carbocycles. The standard InChI is InChI=1S/C26H29ClN2O5Si/c1-26(2,3)35(20-10-6-4-7-11-20,21-12-8-5-9-13-21)33-18-23-32-17-22(34-23)29-16-19(14-15-27)24(30)28-25(29)31/h4-16,22-23H,17-18H2,1-3H3,(H,28,30,31)/t22-,23-/m0/s1. The van der Waals surface area contributed by atoms with Crippen LogP contribution in [0.1, 0.15) is 32.6 Å². The molecule has 1 saturated heterocycles. The van der Waals surface area contributed by atoms with E-state index in [1.54, 1.807) is 0 Å². The second-order valence-corrected chi connectivity index (χ2v) is 13.9. The van der Waals surface area contributed by atoms with Gasteiger partial charge in [-0.25, -0.2) is 4.79 Å². The van der Waals surface area contributed by atoms with Gasteiger partial charge in [0, 0.05) is 11.7 Å². The van der Waals surface area contributed by atoms with E-state index in [1.807, 2.05) is 36.4 Å². The molecule has 0 unspecified atom stereocenters. The Balaban J connectivity index is 1.61. The number of nitrogens with zero attached hydrogens (tertiary/aromatic N) is 1. The molecule has 0 radical (unpaired) electrons. The van der Waals surface area contributed by atoms with E-state index in [0.717, 1.165) is 10.4 Å². The van der Waals surface area contributed by atoms with E-state index >= 15 is 0 Å². The Morgan fingerprint density at radius 2 is 1.69 bits per heavy atom. The van der Waals surface area contributed by atoms with Crippen LogP contribution >= 0.6 is 11.6 Å². The van der Waals surface area contributed by atoms with E-state index in [9.17, 15) is 9.59 Å². The van der Waals surface area contributed by atoms with Crippen LogP contribution in [-0.4, -0.2) is 37.4 Å². The number of halogens is 1. The van der Waals surface area contributed by atoms with Crippen LogP contribution in [0.25, 0.3) is 6.08 Å². The van der Waals surface area contributed by atoms with E-state index in [2.05, 4.69) is 50.0 Å². The second-order valence-electron chi connectivity index (χ2n) is 9.37. The van der Waals surface area contributed by atoms with Crippen molar-refractivity contribution in [1.29, 1.82) is 0 Å². The number of aromatic amines is 1. The topological polar surface area (TPSA) is 82.5 Å². The van der Waals surface area contributed by atoms with Crippen LogP contribution in [0.2, 0.25) is 5.04 Å². The highest BCUT2D eigenvalue weighted by Gasteiger charge is 2.50. The van der Waals surface area contributed by atoms with E-state index in [-0.39, 0.29) is 23.8 Å². The molecule has 7 nitrogen and oxygen atoms in total.